The maximum atomic E-state index is 11.9. The number of hydrogen-bond donors (Lipinski definition) is 3. The van der Waals surface area contributed by atoms with Crippen LogP contribution >= 0.6 is 0 Å². The van der Waals surface area contributed by atoms with Gasteiger partial charge in [-0.1, -0.05) is 12.8 Å². The largest absolute Gasteiger partial charge is 0.480 e. The smallest absolute Gasteiger partial charge is 0.320 e. The van der Waals surface area contributed by atoms with E-state index >= 15 is 0 Å². The van der Waals surface area contributed by atoms with Crippen molar-refractivity contribution in [2.45, 2.75) is 38.1 Å². The zero-order chi connectivity index (χ0) is 13.8. The fraction of sp³-hybridized carbons (Fsp3) is 0.818. The van der Waals surface area contributed by atoms with E-state index in [9.17, 15) is 13.8 Å². The molecule has 0 aromatic carbocycles. The van der Waals surface area contributed by atoms with Crippen molar-refractivity contribution in [2.75, 3.05) is 11.5 Å². The van der Waals surface area contributed by atoms with Gasteiger partial charge >= 0.3 is 5.97 Å². The second-order valence-electron chi connectivity index (χ2n) is 4.84. The Bertz CT molecular complexity index is 413. The first-order valence-corrected chi connectivity index (χ1v) is 7.97. The van der Waals surface area contributed by atoms with Gasteiger partial charge in [-0.2, -0.15) is 0 Å². The number of rotatable bonds is 7. The molecule has 1 aliphatic rings. The van der Waals surface area contributed by atoms with E-state index in [0.29, 0.717) is 0 Å². The molecular weight excluding hydrogens is 256 g/mol. The van der Waals surface area contributed by atoms with Crippen molar-refractivity contribution in [1.82, 2.24) is 0 Å². The Labute approximate surface area is 107 Å². The topological polar surface area (TPSA) is 121 Å². The Morgan fingerprint density at radius 1 is 1.39 bits per heavy atom. The summed E-state index contributed by atoms with van der Waals surface area (Å²) in [7, 11) is -3.04. The Kier molecular flexibility index (Phi) is 5.28. The first kappa shape index (κ1) is 15.1. The van der Waals surface area contributed by atoms with Crippen LogP contribution in [0.1, 0.15) is 32.1 Å². The summed E-state index contributed by atoms with van der Waals surface area (Å²) in [6.07, 6.45) is 3.64. The summed E-state index contributed by atoms with van der Waals surface area (Å²) in [5, 5.41) is 8.59. The lowest BCUT2D eigenvalue weighted by atomic mass is 10.0. The lowest BCUT2D eigenvalue weighted by molar-refractivity contribution is -0.138. The van der Waals surface area contributed by atoms with Crippen LogP contribution in [0.25, 0.3) is 0 Å². The summed E-state index contributed by atoms with van der Waals surface area (Å²) < 4.78 is 19.5. The molecule has 0 heterocycles. The molecule has 1 aliphatic carbocycles. The van der Waals surface area contributed by atoms with Crippen molar-refractivity contribution < 1.29 is 18.9 Å². The maximum absolute atomic E-state index is 11.9. The summed E-state index contributed by atoms with van der Waals surface area (Å²) in [5.74, 6) is -1.73. The van der Waals surface area contributed by atoms with Crippen molar-refractivity contribution >= 4 is 21.5 Å². The molecule has 0 aliphatic heterocycles. The normalized spacial score (nSPS) is 21.4. The highest BCUT2D eigenvalue weighted by molar-refractivity contribution is 7.93. The predicted molar refractivity (Wildman–Crippen MR) is 67.8 cm³/mol. The van der Waals surface area contributed by atoms with Gasteiger partial charge in [0.2, 0.25) is 0 Å². The summed E-state index contributed by atoms with van der Waals surface area (Å²) in [6.45, 7) is 0. The Balaban J connectivity index is 2.44. The van der Waals surface area contributed by atoms with Gasteiger partial charge in [-0.05, 0) is 19.3 Å². The van der Waals surface area contributed by atoms with Crippen LogP contribution < -0.4 is 5.73 Å². The number of hydrogen-bond acceptors (Lipinski definition) is 5. The molecule has 1 unspecified atom stereocenters. The Hall–Kier alpha value is -0.950. The fourth-order valence-corrected chi connectivity index (χ4v) is 3.58. The Morgan fingerprint density at radius 3 is 2.44 bits per heavy atom. The summed E-state index contributed by atoms with van der Waals surface area (Å²) in [5.41, 5.74) is 5.28. The van der Waals surface area contributed by atoms with Gasteiger partial charge < -0.3 is 10.8 Å². The molecule has 2 atom stereocenters. The first-order chi connectivity index (χ1) is 8.32. The third-order valence-corrected chi connectivity index (χ3v) is 4.91. The van der Waals surface area contributed by atoms with Gasteiger partial charge in [0.25, 0.3) is 0 Å². The minimum Gasteiger partial charge on any atom is -0.480 e. The van der Waals surface area contributed by atoms with Crippen LogP contribution in [0.3, 0.4) is 0 Å². The fourth-order valence-electron chi connectivity index (χ4n) is 2.11. The molecule has 104 valence electrons. The number of nitrogens with two attached hydrogens (primary N) is 1. The molecule has 0 saturated heterocycles. The number of carboxylic acids is 1. The second-order valence-corrected chi connectivity index (χ2v) is 7.16. The van der Waals surface area contributed by atoms with E-state index < -0.39 is 21.7 Å². The zero-order valence-electron chi connectivity index (χ0n) is 10.3. The number of nitrogens with one attached hydrogen (secondary N) is 1. The van der Waals surface area contributed by atoms with Crippen LogP contribution in [0.4, 0.5) is 0 Å². The van der Waals surface area contributed by atoms with Gasteiger partial charge in [0.15, 0.2) is 0 Å². The average Bonchev–Trinajstić information content (AvgIpc) is 2.78. The molecule has 0 aromatic heterocycles. The van der Waals surface area contributed by atoms with E-state index in [-0.39, 0.29) is 29.6 Å². The van der Waals surface area contributed by atoms with E-state index in [4.69, 9.17) is 15.6 Å². The molecule has 0 spiro atoms. The van der Waals surface area contributed by atoms with Gasteiger partial charge in [-0.25, -0.2) is 4.21 Å². The maximum Gasteiger partial charge on any atom is 0.320 e. The van der Waals surface area contributed by atoms with Crippen LogP contribution in [0.2, 0.25) is 0 Å². The summed E-state index contributed by atoms with van der Waals surface area (Å²) in [6, 6.07) is -1.11. The molecule has 1 fully saturated rings. The number of ketones is 1. The molecule has 1 saturated carbocycles. The molecule has 6 nitrogen and oxygen atoms in total. The molecule has 1 rings (SSSR count). The van der Waals surface area contributed by atoms with Crippen LogP contribution in [0, 0.1) is 10.7 Å². The number of carbonyl (C=O) groups is 2. The van der Waals surface area contributed by atoms with Gasteiger partial charge in [-0.15, -0.1) is 0 Å². The SMILES string of the molecule is N=S(=O)(CC[C@H](N)C(=O)O)CC(=O)C1CCCC1. The van der Waals surface area contributed by atoms with Crippen molar-refractivity contribution in [3.8, 4) is 0 Å². The molecule has 18 heavy (non-hydrogen) atoms. The van der Waals surface area contributed by atoms with Gasteiger partial charge in [0, 0.05) is 11.7 Å². The standard InChI is InChI=1S/C11H20N2O4S/c12-9(11(15)16)5-6-18(13,17)7-10(14)8-3-1-2-4-8/h8-9,13H,1-7,12H2,(H,15,16)/t9-,18?/m0/s1. The molecule has 0 amide bonds. The predicted octanol–water partition coefficient (Wildman–Crippen LogP) is 0.594. The van der Waals surface area contributed by atoms with Crippen LogP contribution in [0.5, 0.6) is 0 Å². The highest BCUT2D eigenvalue weighted by atomic mass is 32.2. The number of Topliss-reactive ketones (excluding diaryl/α,β-unsaturated/α-hetero) is 1. The monoisotopic (exact) mass is 276 g/mol. The number of aliphatic carboxylic acids is 1. The van der Waals surface area contributed by atoms with E-state index in [1.54, 1.807) is 0 Å². The zero-order valence-corrected chi connectivity index (χ0v) is 11.1. The molecule has 0 bridgehead atoms. The number of carbonyl (C=O) groups excluding carboxylic acids is 1. The van der Waals surface area contributed by atoms with Crippen LogP contribution in [-0.4, -0.2) is 38.6 Å². The first-order valence-electron chi connectivity index (χ1n) is 6.07. The molecule has 7 heteroatoms. The van der Waals surface area contributed by atoms with Gasteiger partial charge in [-0.3, -0.25) is 14.4 Å². The number of carboxylic acid groups (broad SMARTS) is 1. The van der Waals surface area contributed by atoms with Crippen molar-refractivity contribution in [3.63, 3.8) is 0 Å². The van der Waals surface area contributed by atoms with E-state index in [1.807, 2.05) is 0 Å². The van der Waals surface area contributed by atoms with E-state index in [2.05, 4.69) is 0 Å². The molecule has 4 N–H and O–H groups in total. The van der Waals surface area contributed by atoms with Gasteiger partial charge in [0.1, 0.15) is 11.8 Å². The van der Waals surface area contributed by atoms with E-state index in [0.717, 1.165) is 25.7 Å². The van der Waals surface area contributed by atoms with Crippen molar-refractivity contribution in [1.29, 1.82) is 4.78 Å². The van der Waals surface area contributed by atoms with Crippen molar-refractivity contribution in [2.24, 2.45) is 11.7 Å². The average molecular weight is 276 g/mol. The Morgan fingerprint density at radius 2 is 1.94 bits per heavy atom. The highest BCUT2D eigenvalue weighted by Crippen LogP contribution is 2.26. The third-order valence-electron chi connectivity index (χ3n) is 3.26. The lowest BCUT2D eigenvalue weighted by Gasteiger charge is -2.12. The lowest BCUT2D eigenvalue weighted by Crippen LogP contribution is -2.33. The molecule has 0 aromatic rings. The minimum absolute atomic E-state index is 0.0321. The van der Waals surface area contributed by atoms with Crippen LogP contribution in [0.15, 0.2) is 0 Å². The second kappa shape index (κ2) is 6.29. The summed E-state index contributed by atoms with van der Waals surface area (Å²) in [4.78, 5) is 22.3. The minimum atomic E-state index is -3.04. The van der Waals surface area contributed by atoms with Gasteiger partial charge in [0.05, 0.1) is 15.5 Å². The molecule has 0 radical (unpaired) electrons. The van der Waals surface area contributed by atoms with Crippen LogP contribution in [-0.2, 0) is 19.3 Å². The quantitative estimate of drug-likeness (QED) is 0.628. The molecular formula is C11H20N2O4S. The van der Waals surface area contributed by atoms with E-state index in [1.165, 1.54) is 0 Å². The third kappa shape index (κ3) is 4.73. The summed E-state index contributed by atoms with van der Waals surface area (Å²) >= 11 is 0. The highest BCUT2D eigenvalue weighted by Gasteiger charge is 2.26. The van der Waals surface area contributed by atoms with Crippen molar-refractivity contribution in [3.05, 3.63) is 0 Å².